The predicted octanol–water partition coefficient (Wildman–Crippen LogP) is -4.86. The van der Waals surface area contributed by atoms with Crippen LogP contribution in [0.4, 0.5) is 0 Å². The minimum Gasteiger partial charge on any atom is -0.480 e. The highest BCUT2D eigenvalue weighted by atomic mass is 16.4. The van der Waals surface area contributed by atoms with Gasteiger partial charge in [-0.2, -0.15) is 0 Å². The molecule has 0 spiro atoms. The molecule has 140 valence electrons. The number of rotatable bonds is 13. The van der Waals surface area contributed by atoms with Crippen LogP contribution < -0.4 is 33.0 Å². The van der Waals surface area contributed by atoms with Gasteiger partial charge in [0.2, 0.25) is 5.91 Å². The van der Waals surface area contributed by atoms with E-state index in [-0.39, 0.29) is 19.6 Å². The second kappa shape index (κ2) is 11.7. The highest BCUT2D eigenvalue weighted by Gasteiger charge is 2.22. The maximum Gasteiger partial charge on any atom is 0.323 e. The molecule has 0 fully saturated rings. The van der Waals surface area contributed by atoms with Crippen molar-refractivity contribution in [3.8, 4) is 0 Å². The zero-order valence-corrected chi connectivity index (χ0v) is 13.4. The van der Waals surface area contributed by atoms with Crippen LogP contribution in [0, 0.1) is 0 Å². The molecule has 2 amide bonds. The van der Waals surface area contributed by atoms with E-state index in [1.807, 2.05) is 0 Å². The number of aliphatic hydroxyl groups is 2. The first-order chi connectivity index (χ1) is 11.2. The van der Waals surface area contributed by atoms with Crippen molar-refractivity contribution in [3.05, 3.63) is 0 Å². The van der Waals surface area contributed by atoms with Gasteiger partial charge in [-0.05, 0) is 6.92 Å². The molecule has 0 saturated carbocycles. The minimum atomic E-state index is -1.22. The van der Waals surface area contributed by atoms with E-state index in [1.54, 1.807) is 0 Å². The van der Waals surface area contributed by atoms with E-state index in [1.165, 1.54) is 6.92 Å². The fourth-order valence-electron chi connectivity index (χ4n) is 1.67. The van der Waals surface area contributed by atoms with E-state index in [2.05, 4.69) is 21.5 Å². The Morgan fingerprint density at radius 2 is 1.83 bits per heavy atom. The van der Waals surface area contributed by atoms with Gasteiger partial charge in [0.1, 0.15) is 12.1 Å². The van der Waals surface area contributed by atoms with E-state index >= 15 is 0 Å². The summed E-state index contributed by atoms with van der Waals surface area (Å²) in [4.78, 5) is 33.3. The summed E-state index contributed by atoms with van der Waals surface area (Å²) < 4.78 is 0. The van der Waals surface area contributed by atoms with Crippen molar-refractivity contribution in [2.45, 2.75) is 37.6 Å². The molecule has 0 aromatic rings. The SMILES string of the molecule is CC(O)C(NCNC(CNNC(=O)C(N)CO)CC(N)=O)C(=O)O. The van der Waals surface area contributed by atoms with Crippen LogP contribution in [0.15, 0.2) is 0 Å². The summed E-state index contributed by atoms with van der Waals surface area (Å²) in [6.07, 6.45) is -1.19. The van der Waals surface area contributed by atoms with Crippen LogP contribution in [0.2, 0.25) is 0 Å². The molecule has 0 aromatic carbocycles. The van der Waals surface area contributed by atoms with Crippen molar-refractivity contribution in [2.75, 3.05) is 19.8 Å². The Bertz CT molecular complexity index is 421. The van der Waals surface area contributed by atoms with Crippen LogP contribution in [0.25, 0.3) is 0 Å². The standard InChI is InChI=1S/C12H26N6O6/c1-6(20)10(12(23)24)16-5-15-7(2-9(14)21)3-17-18-11(22)8(13)4-19/h6-8,10,15-17,19-20H,2-5,13H2,1H3,(H2,14,21)(H,18,22)(H,23,24). The Labute approximate surface area is 138 Å². The first-order valence-corrected chi connectivity index (χ1v) is 7.24. The number of nitrogens with two attached hydrogens (primary N) is 2. The third-order valence-corrected chi connectivity index (χ3v) is 3.00. The molecule has 4 atom stereocenters. The Hall–Kier alpha value is -1.83. The van der Waals surface area contributed by atoms with Crippen LogP contribution in [0.5, 0.6) is 0 Å². The van der Waals surface area contributed by atoms with E-state index in [0.717, 1.165) is 0 Å². The summed E-state index contributed by atoms with van der Waals surface area (Å²) in [5.74, 6) is -2.45. The molecule has 0 aliphatic rings. The Morgan fingerprint density at radius 3 is 2.29 bits per heavy atom. The molecular weight excluding hydrogens is 324 g/mol. The van der Waals surface area contributed by atoms with Crippen LogP contribution in [-0.4, -0.2) is 77.2 Å². The number of aliphatic hydroxyl groups excluding tert-OH is 2. The Balaban J connectivity index is 4.34. The van der Waals surface area contributed by atoms with Crippen molar-refractivity contribution in [1.29, 1.82) is 0 Å². The average molecular weight is 350 g/mol. The molecule has 12 heteroatoms. The first kappa shape index (κ1) is 22.2. The molecule has 24 heavy (non-hydrogen) atoms. The van der Waals surface area contributed by atoms with Gasteiger partial charge in [-0.25, -0.2) is 5.43 Å². The first-order valence-electron chi connectivity index (χ1n) is 7.24. The molecule has 12 nitrogen and oxygen atoms in total. The van der Waals surface area contributed by atoms with Gasteiger partial charge >= 0.3 is 5.97 Å². The Morgan fingerprint density at radius 1 is 1.21 bits per heavy atom. The summed E-state index contributed by atoms with van der Waals surface area (Å²) >= 11 is 0. The average Bonchev–Trinajstić information content (AvgIpc) is 2.48. The highest BCUT2D eigenvalue weighted by molar-refractivity contribution is 5.81. The molecule has 0 aliphatic heterocycles. The zero-order valence-electron chi connectivity index (χ0n) is 13.4. The zero-order chi connectivity index (χ0) is 18.7. The van der Waals surface area contributed by atoms with Gasteiger partial charge in [0.15, 0.2) is 0 Å². The molecule has 11 N–H and O–H groups in total. The lowest BCUT2D eigenvalue weighted by molar-refractivity contribution is -0.142. The van der Waals surface area contributed by atoms with E-state index < -0.39 is 48.6 Å². The molecule has 0 bridgehead atoms. The number of hydrazine groups is 1. The number of carboxylic acids is 1. The van der Waals surface area contributed by atoms with Gasteiger partial charge in [-0.15, -0.1) is 0 Å². The summed E-state index contributed by atoms with van der Waals surface area (Å²) in [6.45, 7) is 0.872. The number of carboxylic acid groups (broad SMARTS) is 1. The Kier molecular flexibility index (Phi) is 10.8. The topological polar surface area (TPSA) is 212 Å². The van der Waals surface area contributed by atoms with Crippen molar-refractivity contribution in [3.63, 3.8) is 0 Å². The van der Waals surface area contributed by atoms with Crippen LogP contribution >= 0.6 is 0 Å². The maximum absolute atomic E-state index is 11.4. The van der Waals surface area contributed by atoms with Gasteiger partial charge in [0.25, 0.3) is 5.91 Å². The number of amides is 2. The normalized spacial score (nSPS) is 16.0. The van der Waals surface area contributed by atoms with Gasteiger partial charge in [-0.1, -0.05) is 0 Å². The lowest BCUT2D eigenvalue weighted by atomic mass is 10.2. The molecule has 0 saturated heterocycles. The van der Waals surface area contributed by atoms with E-state index in [0.29, 0.717) is 0 Å². The molecule has 4 unspecified atom stereocenters. The number of carbonyl (C=O) groups is 3. The van der Waals surface area contributed by atoms with Crippen molar-refractivity contribution >= 4 is 17.8 Å². The maximum atomic E-state index is 11.4. The summed E-state index contributed by atoms with van der Waals surface area (Å²) in [5, 5.41) is 32.4. The molecule has 0 rings (SSSR count). The molecule has 0 radical (unpaired) electrons. The number of hydrogen-bond acceptors (Lipinski definition) is 9. The third-order valence-electron chi connectivity index (χ3n) is 3.00. The van der Waals surface area contributed by atoms with Crippen molar-refractivity contribution in [1.82, 2.24) is 21.5 Å². The second-order valence-electron chi connectivity index (χ2n) is 5.17. The quantitative estimate of drug-likeness (QED) is 0.114. The number of carbonyl (C=O) groups excluding carboxylic acids is 2. The van der Waals surface area contributed by atoms with E-state index in [9.17, 15) is 19.5 Å². The van der Waals surface area contributed by atoms with Crippen LogP contribution in [0.3, 0.4) is 0 Å². The largest absolute Gasteiger partial charge is 0.480 e. The summed E-state index contributed by atoms with van der Waals surface area (Å²) in [5.41, 5.74) is 15.2. The summed E-state index contributed by atoms with van der Waals surface area (Å²) in [6, 6.07) is -2.78. The number of nitrogens with one attached hydrogen (secondary N) is 4. The molecule has 0 heterocycles. The lowest BCUT2D eigenvalue weighted by Gasteiger charge is -2.22. The van der Waals surface area contributed by atoms with Gasteiger partial charge in [0, 0.05) is 25.7 Å². The minimum absolute atomic E-state index is 0.0222. The van der Waals surface area contributed by atoms with Crippen LogP contribution in [-0.2, 0) is 14.4 Å². The number of primary amides is 1. The lowest BCUT2D eigenvalue weighted by Crippen LogP contribution is -2.55. The second-order valence-corrected chi connectivity index (χ2v) is 5.17. The van der Waals surface area contributed by atoms with Crippen molar-refractivity contribution in [2.24, 2.45) is 11.5 Å². The van der Waals surface area contributed by atoms with Gasteiger partial charge < -0.3 is 26.8 Å². The van der Waals surface area contributed by atoms with Crippen LogP contribution in [0.1, 0.15) is 13.3 Å². The predicted molar refractivity (Wildman–Crippen MR) is 83.0 cm³/mol. The molecule has 0 aromatic heterocycles. The smallest absolute Gasteiger partial charge is 0.323 e. The summed E-state index contributed by atoms with van der Waals surface area (Å²) in [7, 11) is 0. The fraction of sp³-hybridized carbons (Fsp3) is 0.750. The van der Waals surface area contributed by atoms with Gasteiger partial charge in [-0.3, -0.25) is 30.4 Å². The molecule has 0 aliphatic carbocycles. The molecular formula is C12H26N6O6. The van der Waals surface area contributed by atoms with E-state index in [4.69, 9.17) is 21.7 Å². The highest BCUT2D eigenvalue weighted by Crippen LogP contribution is 1.93. The van der Waals surface area contributed by atoms with Crippen molar-refractivity contribution < 1.29 is 29.7 Å². The third kappa shape index (κ3) is 9.34. The number of hydrogen-bond donors (Lipinski definition) is 9. The fourth-order valence-corrected chi connectivity index (χ4v) is 1.67. The van der Waals surface area contributed by atoms with Gasteiger partial charge in [0.05, 0.1) is 12.7 Å². The monoisotopic (exact) mass is 350 g/mol. The number of aliphatic carboxylic acids is 1.